The van der Waals surface area contributed by atoms with Gasteiger partial charge in [0.1, 0.15) is 10.7 Å². The number of benzene rings is 2. The van der Waals surface area contributed by atoms with Crippen molar-refractivity contribution in [2.45, 2.75) is 4.90 Å². The van der Waals surface area contributed by atoms with Gasteiger partial charge in [0.15, 0.2) is 5.43 Å². The molecule has 3 aliphatic rings. The van der Waals surface area contributed by atoms with Gasteiger partial charge < -0.3 is 14.8 Å². The van der Waals surface area contributed by atoms with Crippen LogP contribution in [0.4, 0.5) is 5.82 Å². The molecule has 34 heavy (non-hydrogen) atoms. The van der Waals surface area contributed by atoms with E-state index in [0.29, 0.717) is 27.7 Å². The van der Waals surface area contributed by atoms with Gasteiger partial charge in [-0.2, -0.15) is 0 Å². The highest BCUT2D eigenvalue weighted by molar-refractivity contribution is 7.90. The van der Waals surface area contributed by atoms with E-state index in [1.54, 1.807) is 42.7 Å². The number of nitrogens with one attached hydrogen (secondary N) is 1. The van der Waals surface area contributed by atoms with E-state index in [0.717, 1.165) is 37.4 Å². The largest absolute Gasteiger partial charge is 0.355 e. The van der Waals surface area contributed by atoms with Crippen molar-refractivity contribution < 1.29 is 8.42 Å². The predicted molar refractivity (Wildman–Crippen MR) is 133 cm³/mol. The van der Waals surface area contributed by atoms with Gasteiger partial charge in [-0.25, -0.2) is 12.4 Å². The molecule has 0 bridgehead atoms. The van der Waals surface area contributed by atoms with Crippen LogP contribution in [0.15, 0.2) is 76.7 Å². The van der Waals surface area contributed by atoms with Crippen molar-refractivity contribution in [1.29, 1.82) is 0 Å². The van der Waals surface area contributed by atoms with E-state index in [1.807, 2.05) is 18.2 Å². The van der Waals surface area contributed by atoms with Crippen LogP contribution in [-0.2, 0) is 10.0 Å². The summed E-state index contributed by atoms with van der Waals surface area (Å²) in [6, 6.07) is 15.5. The Bertz CT molecular complexity index is 1680. The summed E-state index contributed by atoms with van der Waals surface area (Å²) >= 11 is 0. The zero-order valence-electron chi connectivity index (χ0n) is 18.6. The maximum absolute atomic E-state index is 14.0. The third kappa shape index (κ3) is 3.12. The number of H-pyrrole nitrogens is 1. The summed E-state index contributed by atoms with van der Waals surface area (Å²) in [4.78, 5) is 25.3. The first-order valence-electron chi connectivity index (χ1n) is 11.1. The Morgan fingerprint density at radius 3 is 2.53 bits per heavy atom. The number of rotatable bonds is 3. The van der Waals surface area contributed by atoms with Crippen LogP contribution in [0.25, 0.3) is 33.1 Å². The highest BCUT2D eigenvalue weighted by Gasteiger charge is 2.28. The molecule has 0 saturated carbocycles. The van der Waals surface area contributed by atoms with Crippen molar-refractivity contribution in [1.82, 2.24) is 18.8 Å². The number of aromatic amines is 1. The third-order valence-corrected chi connectivity index (χ3v) is 8.28. The van der Waals surface area contributed by atoms with Crippen molar-refractivity contribution >= 4 is 37.6 Å². The first-order chi connectivity index (χ1) is 16.4. The summed E-state index contributed by atoms with van der Waals surface area (Å²) < 4.78 is 29.2. The van der Waals surface area contributed by atoms with E-state index >= 15 is 0 Å². The highest BCUT2D eigenvalue weighted by Crippen LogP contribution is 2.37. The molecule has 1 saturated heterocycles. The predicted octanol–water partition coefficient (Wildman–Crippen LogP) is 2.97. The van der Waals surface area contributed by atoms with E-state index in [2.05, 4.69) is 26.8 Å². The number of anilines is 1. The molecule has 9 heteroatoms. The minimum atomic E-state index is -4.04. The first-order valence-corrected chi connectivity index (χ1v) is 12.6. The van der Waals surface area contributed by atoms with Crippen LogP contribution in [0.2, 0.25) is 0 Å². The Hall–Kier alpha value is -3.69. The fourth-order valence-electron chi connectivity index (χ4n) is 4.79. The average Bonchev–Trinajstić information content (AvgIpc) is 3.30. The lowest BCUT2D eigenvalue weighted by Gasteiger charge is -2.34. The number of hydrogen-bond acceptors (Lipinski definition) is 6. The Kier molecular flexibility index (Phi) is 4.72. The Labute approximate surface area is 196 Å². The summed E-state index contributed by atoms with van der Waals surface area (Å²) in [7, 11) is -1.95. The summed E-state index contributed by atoms with van der Waals surface area (Å²) in [5.74, 6) is 0.825. The van der Waals surface area contributed by atoms with Crippen LogP contribution >= 0.6 is 0 Å². The quantitative estimate of drug-likeness (QED) is 0.433. The fourth-order valence-corrected chi connectivity index (χ4v) is 6.32. The van der Waals surface area contributed by atoms with Gasteiger partial charge in [0.05, 0.1) is 22.3 Å². The minimum absolute atomic E-state index is 0.105. The second kappa shape index (κ2) is 7.68. The summed E-state index contributed by atoms with van der Waals surface area (Å²) in [6.45, 7) is 3.40. The highest BCUT2D eigenvalue weighted by atomic mass is 32.2. The smallest absolute Gasteiger partial charge is 0.270 e. The van der Waals surface area contributed by atoms with Gasteiger partial charge in [0.2, 0.25) is 0 Å². The Morgan fingerprint density at radius 1 is 0.941 bits per heavy atom. The second-order valence-corrected chi connectivity index (χ2v) is 10.4. The molecule has 6 rings (SSSR count). The second-order valence-electron chi connectivity index (χ2n) is 8.65. The van der Waals surface area contributed by atoms with Crippen LogP contribution in [0.1, 0.15) is 0 Å². The number of hydrogen-bond donors (Lipinski definition) is 1. The maximum atomic E-state index is 14.0. The van der Waals surface area contributed by atoms with Gasteiger partial charge in [-0.05, 0) is 37.4 Å². The van der Waals surface area contributed by atoms with Crippen LogP contribution in [0.3, 0.4) is 0 Å². The molecule has 2 aromatic heterocycles. The zero-order valence-corrected chi connectivity index (χ0v) is 19.4. The van der Waals surface area contributed by atoms with Crippen LogP contribution in [-0.4, -0.2) is 60.5 Å². The molecule has 1 aliphatic carbocycles. The van der Waals surface area contributed by atoms with Crippen molar-refractivity contribution in [3.05, 3.63) is 77.2 Å². The fraction of sp³-hybridized carbons (Fsp3) is 0.200. The molecule has 0 atom stereocenters. The number of pyridine rings is 2. The number of likely N-dealkylation sites (N-methyl/N-ethyl adjacent to an activating group) is 1. The van der Waals surface area contributed by atoms with Gasteiger partial charge in [-0.3, -0.25) is 9.78 Å². The number of fused-ring (bicyclic) bond motifs is 4. The molecule has 172 valence electrons. The molecule has 1 aromatic carbocycles. The molecule has 3 aromatic rings. The molecule has 0 amide bonds. The monoisotopic (exact) mass is 473 g/mol. The van der Waals surface area contributed by atoms with Gasteiger partial charge in [0.25, 0.3) is 10.0 Å². The van der Waals surface area contributed by atoms with Crippen LogP contribution < -0.4 is 10.3 Å². The summed E-state index contributed by atoms with van der Waals surface area (Å²) in [5.41, 5.74) is 1.54. The lowest BCUT2D eigenvalue weighted by atomic mass is 10.1. The van der Waals surface area contributed by atoms with Gasteiger partial charge in [0, 0.05) is 49.3 Å². The van der Waals surface area contributed by atoms with Crippen LogP contribution in [0, 0.1) is 0 Å². The molecule has 0 radical (unpaired) electrons. The standard InChI is InChI=1S/C25H23N5O3S/c1-28-13-15-29(16-14-28)25-18-10-12-30(24(18)22-19(27-25)7-3-8-20(22)31)34(32,33)21-9-2-5-17-6-4-11-26-23(17)21/h2-12,27H,13-16H2,1H3. The molecular weight excluding hydrogens is 450 g/mol. The molecule has 0 unspecified atom stereocenters. The molecule has 8 nitrogen and oxygen atoms in total. The molecule has 1 fully saturated rings. The lowest BCUT2D eigenvalue weighted by Crippen LogP contribution is -2.45. The van der Waals surface area contributed by atoms with Crippen molar-refractivity contribution in [3.63, 3.8) is 0 Å². The van der Waals surface area contributed by atoms with Crippen molar-refractivity contribution in [2.75, 3.05) is 38.1 Å². The molecule has 1 N–H and O–H groups in total. The molecular formula is C25H23N5O3S. The lowest BCUT2D eigenvalue weighted by molar-refractivity contribution is 0.312. The molecule has 4 heterocycles. The Balaban J connectivity index is 1.65. The topological polar surface area (TPSA) is 91.3 Å². The summed E-state index contributed by atoms with van der Waals surface area (Å²) in [6.07, 6.45) is 3.13. The van der Waals surface area contributed by atoms with Gasteiger partial charge in [-0.15, -0.1) is 0 Å². The average molecular weight is 474 g/mol. The van der Waals surface area contributed by atoms with Crippen molar-refractivity contribution in [2.24, 2.45) is 0 Å². The molecule has 0 spiro atoms. The SMILES string of the molecule is CN1CCN(c2[nH]c3cccc(=O)c-3c3c2ccn3S(=O)(=O)c2cccc3cccnc23)CC1. The Morgan fingerprint density at radius 2 is 1.71 bits per heavy atom. The maximum Gasteiger partial charge on any atom is 0.270 e. The number of piperazine rings is 1. The van der Waals surface area contributed by atoms with Gasteiger partial charge in [-0.1, -0.05) is 24.3 Å². The number of nitrogens with zero attached hydrogens (tertiary/aromatic N) is 4. The van der Waals surface area contributed by atoms with Crippen molar-refractivity contribution in [3.8, 4) is 11.3 Å². The normalized spacial score (nSPS) is 15.5. The molecule has 2 aliphatic heterocycles. The van der Waals surface area contributed by atoms with Gasteiger partial charge >= 0.3 is 0 Å². The van der Waals surface area contributed by atoms with E-state index in [-0.39, 0.29) is 10.3 Å². The number of aromatic nitrogens is 3. The zero-order chi connectivity index (χ0) is 23.4. The van der Waals surface area contributed by atoms with Crippen LogP contribution in [0.5, 0.6) is 0 Å². The van der Waals surface area contributed by atoms with E-state index in [9.17, 15) is 13.2 Å². The first kappa shape index (κ1) is 20.9. The van der Waals surface area contributed by atoms with E-state index < -0.39 is 10.0 Å². The number of para-hydroxylation sites is 1. The van der Waals surface area contributed by atoms with E-state index in [1.165, 1.54) is 10.0 Å². The third-order valence-electron chi connectivity index (χ3n) is 6.58. The summed E-state index contributed by atoms with van der Waals surface area (Å²) in [5, 5.41) is 1.44. The van der Waals surface area contributed by atoms with E-state index in [4.69, 9.17) is 0 Å². The minimum Gasteiger partial charge on any atom is -0.355 e.